The van der Waals surface area contributed by atoms with Crippen LogP contribution in [0.15, 0.2) is 36.5 Å². The Morgan fingerprint density at radius 3 is 2.55 bits per heavy atom. The number of hydrogen-bond donors (Lipinski definition) is 2. The van der Waals surface area contributed by atoms with Gasteiger partial charge in [0.15, 0.2) is 11.5 Å². The molecular formula is C15H14N4O. The minimum Gasteiger partial charge on any atom is -0.371 e. The van der Waals surface area contributed by atoms with E-state index in [9.17, 15) is 4.79 Å². The van der Waals surface area contributed by atoms with Gasteiger partial charge in [-0.25, -0.2) is 9.97 Å². The second-order valence-corrected chi connectivity index (χ2v) is 3.90. The molecule has 0 aliphatic rings. The van der Waals surface area contributed by atoms with Crippen LogP contribution < -0.4 is 10.6 Å². The maximum absolute atomic E-state index is 11.7. The minimum atomic E-state index is -0.301. The highest BCUT2D eigenvalue weighted by atomic mass is 16.1. The summed E-state index contributed by atoms with van der Waals surface area (Å²) in [5.74, 6) is 6.00. The number of amides is 1. The number of anilines is 1. The Kier molecular flexibility index (Phi) is 4.30. The Hall–Kier alpha value is -2.87. The average molecular weight is 266 g/mol. The van der Waals surface area contributed by atoms with E-state index in [-0.39, 0.29) is 11.6 Å². The molecule has 0 radical (unpaired) electrons. The summed E-state index contributed by atoms with van der Waals surface area (Å²) in [7, 11) is 3.23. The van der Waals surface area contributed by atoms with E-state index in [0.29, 0.717) is 11.5 Å². The summed E-state index contributed by atoms with van der Waals surface area (Å²) in [4.78, 5) is 20.1. The highest BCUT2D eigenvalue weighted by Crippen LogP contribution is 2.09. The summed E-state index contributed by atoms with van der Waals surface area (Å²) in [5, 5.41) is 5.36. The molecule has 2 aromatic rings. The lowest BCUT2D eigenvalue weighted by atomic mass is 10.2. The predicted molar refractivity (Wildman–Crippen MR) is 77.4 cm³/mol. The smallest absolute Gasteiger partial charge is 0.273 e. The van der Waals surface area contributed by atoms with Crippen molar-refractivity contribution in [3.05, 3.63) is 53.5 Å². The van der Waals surface area contributed by atoms with Crippen LogP contribution in [0.4, 0.5) is 5.82 Å². The van der Waals surface area contributed by atoms with Gasteiger partial charge in [0.25, 0.3) is 5.91 Å². The van der Waals surface area contributed by atoms with Crippen LogP contribution in [0.3, 0.4) is 0 Å². The third-order valence-corrected chi connectivity index (χ3v) is 2.56. The second-order valence-electron chi connectivity index (χ2n) is 3.90. The molecule has 2 rings (SSSR count). The van der Waals surface area contributed by atoms with Gasteiger partial charge in [-0.05, 0) is 18.1 Å². The quantitative estimate of drug-likeness (QED) is 0.804. The Balaban J connectivity index is 2.35. The summed E-state index contributed by atoms with van der Waals surface area (Å²) in [5.41, 5.74) is 1.56. The zero-order valence-corrected chi connectivity index (χ0v) is 11.3. The molecule has 1 aromatic heterocycles. The van der Waals surface area contributed by atoms with E-state index in [0.717, 1.165) is 5.56 Å². The molecule has 0 spiro atoms. The van der Waals surface area contributed by atoms with Crippen molar-refractivity contribution >= 4 is 11.7 Å². The standard InChI is InChI=1S/C15H14N4O/c1-16-14-13(15(20)17-2)19-12(10-18-14)9-8-11-6-4-3-5-7-11/h3-7,10H,1-2H3,(H,16,18)(H,17,20). The lowest BCUT2D eigenvalue weighted by molar-refractivity contribution is 0.0958. The van der Waals surface area contributed by atoms with Crippen LogP contribution in [0.1, 0.15) is 21.7 Å². The molecule has 100 valence electrons. The first-order valence-electron chi connectivity index (χ1n) is 6.08. The van der Waals surface area contributed by atoms with E-state index in [2.05, 4.69) is 32.4 Å². The van der Waals surface area contributed by atoms with Gasteiger partial charge in [-0.3, -0.25) is 4.79 Å². The summed E-state index contributed by atoms with van der Waals surface area (Å²) in [6.45, 7) is 0. The molecule has 0 bridgehead atoms. The third-order valence-electron chi connectivity index (χ3n) is 2.56. The van der Waals surface area contributed by atoms with Crippen molar-refractivity contribution in [1.82, 2.24) is 15.3 Å². The van der Waals surface area contributed by atoms with Crippen molar-refractivity contribution in [3.8, 4) is 11.8 Å². The van der Waals surface area contributed by atoms with Crippen LogP contribution in [-0.2, 0) is 0 Å². The number of aromatic nitrogens is 2. The molecule has 1 amide bonds. The lowest BCUT2D eigenvalue weighted by Gasteiger charge is -2.05. The van der Waals surface area contributed by atoms with Crippen LogP contribution in [-0.4, -0.2) is 30.0 Å². The molecule has 0 atom stereocenters. The first-order valence-corrected chi connectivity index (χ1v) is 6.08. The molecule has 0 aliphatic heterocycles. The van der Waals surface area contributed by atoms with Crippen LogP contribution in [0.2, 0.25) is 0 Å². The third kappa shape index (κ3) is 3.12. The molecule has 1 heterocycles. The fraction of sp³-hybridized carbons (Fsp3) is 0.133. The summed E-state index contributed by atoms with van der Waals surface area (Å²) in [6, 6.07) is 9.56. The van der Waals surface area contributed by atoms with Crippen molar-refractivity contribution in [2.24, 2.45) is 0 Å². The molecule has 5 nitrogen and oxygen atoms in total. The van der Waals surface area contributed by atoms with Crippen molar-refractivity contribution in [2.75, 3.05) is 19.4 Å². The van der Waals surface area contributed by atoms with Gasteiger partial charge >= 0.3 is 0 Å². The van der Waals surface area contributed by atoms with E-state index in [4.69, 9.17) is 0 Å². The molecule has 20 heavy (non-hydrogen) atoms. The topological polar surface area (TPSA) is 66.9 Å². The Morgan fingerprint density at radius 2 is 1.90 bits per heavy atom. The zero-order chi connectivity index (χ0) is 14.4. The number of benzene rings is 1. The van der Waals surface area contributed by atoms with Crippen molar-refractivity contribution < 1.29 is 4.79 Å². The van der Waals surface area contributed by atoms with E-state index in [1.807, 2.05) is 30.3 Å². The Morgan fingerprint density at radius 1 is 1.15 bits per heavy atom. The number of carbonyl (C=O) groups is 1. The first kappa shape index (κ1) is 13.6. The zero-order valence-electron chi connectivity index (χ0n) is 11.3. The van der Waals surface area contributed by atoms with Gasteiger partial charge in [0, 0.05) is 19.7 Å². The lowest BCUT2D eigenvalue weighted by Crippen LogP contribution is -2.21. The van der Waals surface area contributed by atoms with Gasteiger partial charge in [-0.15, -0.1) is 0 Å². The summed E-state index contributed by atoms with van der Waals surface area (Å²) in [6.07, 6.45) is 1.54. The molecular weight excluding hydrogens is 252 g/mol. The van der Waals surface area contributed by atoms with Crippen molar-refractivity contribution in [1.29, 1.82) is 0 Å². The molecule has 2 N–H and O–H groups in total. The monoisotopic (exact) mass is 266 g/mol. The van der Waals surface area contributed by atoms with Crippen LogP contribution in [0, 0.1) is 11.8 Å². The summed E-state index contributed by atoms with van der Waals surface area (Å²) < 4.78 is 0. The summed E-state index contributed by atoms with van der Waals surface area (Å²) >= 11 is 0. The van der Waals surface area contributed by atoms with Crippen LogP contribution in [0.5, 0.6) is 0 Å². The van der Waals surface area contributed by atoms with Crippen LogP contribution in [0.25, 0.3) is 0 Å². The Bertz CT molecular complexity index is 671. The normalized spacial score (nSPS) is 9.30. The fourth-order valence-electron chi connectivity index (χ4n) is 1.57. The SMILES string of the molecule is CNC(=O)c1nc(C#Cc2ccccc2)cnc1NC. The molecule has 1 aromatic carbocycles. The molecule has 0 saturated carbocycles. The minimum absolute atomic E-state index is 0.231. The Labute approximate surface area is 117 Å². The highest BCUT2D eigenvalue weighted by molar-refractivity contribution is 5.96. The molecule has 0 saturated heterocycles. The van der Waals surface area contributed by atoms with E-state index >= 15 is 0 Å². The van der Waals surface area contributed by atoms with Crippen LogP contribution >= 0.6 is 0 Å². The largest absolute Gasteiger partial charge is 0.371 e. The van der Waals surface area contributed by atoms with Gasteiger partial charge < -0.3 is 10.6 Å². The van der Waals surface area contributed by atoms with Crippen molar-refractivity contribution in [2.45, 2.75) is 0 Å². The number of nitrogens with one attached hydrogen (secondary N) is 2. The molecule has 5 heteroatoms. The highest BCUT2D eigenvalue weighted by Gasteiger charge is 2.12. The second kappa shape index (κ2) is 6.34. The fourth-order valence-corrected chi connectivity index (χ4v) is 1.57. The van der Waals surface area contributed by atoms with Crippen molar-refractivity contribution in [3.63, 3.8) is 0 Å². The predicted octanol–water partition coefficient (Wildman–Crippen LogP) is 1.28. The number of nitrogens with zero attached hydrogens (tertiary/aromatic N) is 2. The van der Waals surface area contributed by atoms with Gasteiger partial charge in [0.2, 0.25) is 0 Å². The number of hydrogen-bond acceptors (Lipinski definition) is 4. The first-order chi connectivity index (χ1) is 9.74. The van der Waals surface area contributed by atoms with Gasteiger partial charge in [0.1, 0.15) is 5.69 Å². The molecule has 0 aliphatic carbocycles. The van der Waals surface area contributed by atoms with E-state index in [1.165, 1.54) is 6.20 Å². The van der Waals surface area contributed by atoms with Gasteiger partial charge in [-0.1, -0.05) is 24.1 Å². The average Bonchev–Trinajstić information content (AvgIpc) is 2.52. The van der Waals surface area contributed by atoms with E-state index < -0.39 is 0 Å². The number of rotatable bonds is 2. The maximum Gasteiger partial charge on any atom is 0.273 e. The number of carbonyl (C=O) groups excluding carboxylic acids is 1. The van der Waals surface area contributed by atoms with Gasteiger partial charge in [0.05, 0.1) is 6.20 Å². The van der Waals surface area contributed by atoms with Gasteiger partial charge in [-0.2, -0.15) is 0 Å². The molecule has 0 fully saturated rings. The maximum atomic E-state index is 11.7. The van der Waals surface area contributed by atoms with E-state index in [1.54, 1.807) is 14.1 Å². The molecule has 0 unspecified atom stereocenters.